The van der Waals surface area contributed by atoms with E-state index in [2.05, 4.69) is 4.98 Å². The van der Waals surface area contributed by atoms with Crippen molar-refractivity contribution in [1.82, 2.24) is 9.55 Å². The number of benzene rings is 1. The van der Waals surface area contributed by atoms with Crippen molar-refractivity contribution in [3.05, 3.63) is 40.4 Å². The number of para-hydroxylation sites is 1. The van der Waals surface area contributed by atoms with Gasteiger partial charge < -0.3 is 0 Å². The molecule has 1 unspecified atom stereocenters. The quantitative estimate of drug-likeness (QED) is 0.766. The molecule has 0 aliphatic heterocycles. The molecular weight excluding hydrogens is 236 g/mol. The maximum absolute atomic E-state index is 12.4. The normalized spacial score (nSPS) is 17.3. The molecule has 1 aliphatic carbocycles. The predicted molar refractivity (Wildman–Crippen MR) is 68.5 cm³/mol. The number of alkyl halides is 1. The Balaban J connectivity index is 2.38. The lowest BCUT2D eigenvalue weighted by atomic mass is 10.2. The summed E-state index contributed by atoms with van der Waals surface area (Å²) in [6.07, 6.45) is 2.10. The lowest BCUT2D eigenvalue weighted by Gasteiger charge is -2.13. The number of rotatable bonds is 2. The van der Waals surface area contributed by atoms with Crippen LogP contribution in [0.5, 0.6) is 0 Å². The van der Waals surface area contributed by atoms with E-state index in [0.717, 1.165) is 18.4 Å². The molecular formula is C13H13ClN2O. The van der Waals surface area contributed by atoms with E-state index in [1.807, 2.05) is 31.2 Å². The van der Waals surface area contributed by atoms with E-state index in [4.69, 9.17) is 11.6 Å². The van der Waals surface area contributed by atoms with E-state index < -0.39 is 0 Å². The Kier molecular flexibility index (Phi) is 2.44. The summed E-state index contributed by atoms with van der Waals surface area (Å²) in [6.45, 7) is 1.86. The average molecular weight is 249 g/mol. The standard InChI is InChI=1S/C13H13ClN2O/c1-8(14)12-15-11-5-3-2-4-10(11)13(17)16(12)9-6-7-9/h2-5,8-9H,6-7H2,1H3. The Morgan fingerprint density at radius 2 is 2.12 bits per heavy atom. The van der Waals surface area contributed by atoms with Crippen molar-refractivity contribution in [3.63, 3.8) is 0 Å². The highest BCUT2D eigenvalue weighted by Gasteiger charge is 2.29. The van der Waals surface area contributed by atoms with Gasteiger partial charge in [0.1, 0.15) is 5.82 Å². The average Bonchev–Trinajstić information content (AvgIpc) is 3.13. The fourth-order valence-corrected chi connectivity index (χ4v) is 2.28. The van der Waals surface area contributed by atoms with Crippen LogP contribution in [0.15, 0.2) is 29.1 Å². The molecule has 1 atom stereocenters. The predicted octanol–water partition coefficient (Wildman–Crippen LogP) is 3.03. The molecule has 0 saturated heterocycles. The number of hydrogen-bond acceptors (Lipinski definition) is 2. The van der Waals surface area contributed by atoms with Gasteiger partial charge in [-0.2, -0.15) is 0 Å². The van der Waals surface area contributed by atoms with Crippen molar-refractivity contribution in [3.8, 4) is 0 Å². The van der Waals surface area contributed by atoms with Crippen molar-refractivity contribution in [2.75, 3.05) is 0 Å². The highest BCUT2D eigenvalue weighted by Crippen LogP contribution is 2.36. The van der Waals surface area contributed by atoms with Gasteiger partial charge in [0.05, 0.1) is 16.3 Å². The zero-order valence-electron chi connectivity index (χ0n) is 9.56. The number of aromatic nitrogens is 2. The van der Waals surface area contributed by atoms with Crippen molar-refractivity contribution in [1.29, 1.82) is 0 Å². The first kappa shape index (κ1) is 10.8. The van der Waals surface area contributed by atoms with Crippen molar-refractivity contribution >= 4 is 22.5 Å². The summed E-state index contributed by atoms with van der Waals surface area (Å²) in [7, 11) is 0. The molecule has 0 spiro atoms. The Bertz CT molecular complexity index is 629. The molecule has 1 aromatic carbocycles. The second-order valence-corrected chi connectivity index (χ2v) is 5.16. The number of halogens is 1. The minimum Gasteiger partial charge on any atom is -0.292 e. The van der Waals surface area contributed by atoms with Crippen LogP contribution < -0.4 is 5.56 Å². The van der Waals surface area contributed by atoms with Crippen molar-refractivity contribution in [2.45, 2.75) is 31.2 Å². The third-order valence-corrected chi connectivity index (χ3v) is 3.30. The van der Waals surface area contributed by atoms with Crippen LogP contribution in [0.3, 0.4) is 0 Å². The molecule has 0 bridgehead atoms. The van der Waals surface area contributed by atoms with Gasteiger partial charge in [-0.3, -0.25) is 9.36 Å². The molecule has 88 valence electrons. The van der Waals surface area contributed by atoms with Gasteiger partial charge >= 0.3 is 0 Å². The molecule has 1 fully saturated rings. The van der Waals surface area contributed by atoms with E-state index in [9.17, 15) is 4.79 Å². The Labute approximate surface area is 104 Å². The number of hydrogen-bond donors (Lipinski definition) is 0. The summed E-state index contributed by atoms with van der Waals surface area (Å²) in [5.74, 6) is 0.692. The molecule has 4 heteroatoms. The minimum atomic E-state index is -0.243. The largest absolute Gasteiger partial charge is 0.292 e. The summed E-state index contributed by atoms with van der Waals surface area (Å²) in [6, 6.07) is 7.74. The molecule has 0 amide bonds. The van der Waals surface area contributed by atoms with E-state index in [0.29, 0.717) is 17.3 Å². The first-order valence-electron chi connectivity index (χ1n) is 5.83. The summed E-state index contributed by atoms with van der Waals surface area (Å²) in [4.78, 5) is 16.9. The van der Waals surface area contributed by atoms with Crippen molar-refractivity contribution < 1.29 is 0 Å². The van der Waals surface area contributed by atoms with Gasteiger partial charge in [-0.05, 0) is 31.9 Å². The zero-order valence-corrected chi connectivity index (χ0v) is 10.3. The van der Waals surface area contributed by atoms with Gasteiger partial charge in [-0.15, -0.1) is 11.6 Å². The maximum atomic E-state index is 12.4. The van der Waals surface area contributed by atoms with E-state index in [1.54, 1.807) is 4.57 Å². The SMILES string of the molecule is CC(Cl)c1nc2ccccc2c(=O)n1C1CC1. The summed E-state index contributed by atoms with van der Waals surface area (Å²) >= 11 is 6.13. The monoisotopic (exact) mass is 248 g/mol. The summed E-state index contributed by atoms with van der Waals surface area (Å²) in [5.41, 5.74) is 0.775. The smallest absolute Gasteiger partial charge is 0.261 e. The third-order valence-electron chi connectivity index (χ3n) is 3.10. The van der Waals surface area contributed by atoms with Crippen LogP contribution in [0, 0.1) is 0 Å². The summed E-state index contributed by atoms with van der Waals surface area (Å²) < 4.78 is 1.78. The molecule has 17 heavy (non-hydrogen) atoms. The lowest BCUT2D eigenvalue weighted by molar-refractivity contribution is 0.640. The third kappa shape index (κ3) is 1.75. The Hall–Kier alpha value is -1.35. The van der Waals surface area contributed by atoms with E-state index in [-0.39, 0.29) is 10.9 Å². The molecule has 0 radical (unpaired) electrons. The second kappa shape index (κ2) is 3.84. The van der Waals surface area contributed by atoms with Crippen LogP contribution in [0.25, 0.3) is 10.9 Å². The molecule has 1 heterocycles. The molecule has 3 nitrogen and oxygen atoms in total. The van der Waals surface area contributed by atoms with Gasteiger partial charge in [0, 0.05) is 6.04 Å². The summed E-state index contributed by atoms with van der Waals surface area (Å²) in [5, 5.41) is 0.438. The first-order valence-corrected chi connectivity index (χ1v) is 6.27. The highest BCUT2D eigenvalue weighted by atomic mass is 35.5. The second-order valence-electron chi connectivity index (χ2n) is 4.51. The van der Waals surface area contributed by atoms with Crippen LogP contribution in [0.1, 0.15) is 37.0 Å². The van der Waals surface area contributed by atoms with Gasteiger partial charge in [0.25, 0.3) is 5.56 Å². The van der Waals surface area contributed by atoms with Gasteiger partial charge in [0.2, 0.25) is 0 Å². The van der Waals surface area contributed by atoms with Gasteiger partial charge in [0.15, 0.2) is 0 Å². The Morgan fingerprint density at radius 3 is 2.76 bits per heavy atom. The van der Waals surface area contributed by atoms with Crippen LogP contribution in [0.2, 0.25) is 0 Å². The molecule has 3 rings (SSSR count). The molecule has 1 aliphatic rings. The molecule has 1 aromatic heterocycles. The Morgan fingerprint density at radius 1 is 1.41 bits per heavy atom. The lowest BCUT2D eigenvalue weighted by Crippen LogP contribution is -2.24. The highest BCUT2D eigenvalue weighted by molar-refractivity contribution is 6.20. The van der Waals surface area contributed by atoms with Gasteiger partial charge in [-0.1, -0.05) is 12.1 Å². The van der Waals surface area contributed by atoms with Crippen molar-refractivity contribution in [2.24, 2.45) is 0 Å². The zero-order chi connectivity index (χ0) is 12.0. The van der Waals surface area contributed by atoms with Crippen LogP contribution in [0.4, 0.5) is 0 Å². The minimum absolute atomic E-state index is 0.0422. The molecule has 1 saturated carbocycles. The first-order chi connectivity index (χ1) is 8.18. The molecule has 2 aromatic rings. The number of nitrogens with zero attached hydrogens (tertiary/aromatic N) is 2. The van der Waals surface area contributed by atoms with Crippen LogP contribution in [-0.4, -0.2) is 9.55 Å². The van der Waals surface area contributed by atoms with E-state index >= 15 is 0 Å². The van der Waals surface area contributed by atoms with E-state index in [1.165, 1.54) is 0 Å². The fraction of sp³-hybridized carbons (Fsp3) is 0.385. The number of fused-ring (bicyclic) bond motifs is 1. The van der Waals surface area contributed by atoms with Crippen LogP contribution >= 0.6 is 11.6 Å². The fourth-order valence-electron chi connectivity index (χ4n) is 2.13. The van der Waals surface area contributed by atoms with Crippen LogP contribution in [-0.2, 0) is 0 Å². The maximum Gasteiger partial charge on any atom is 0.261 e. The molecule has 0 N–H and O–H groups in total. The topological polar surface area (TPSA) is 34.9 Å². The van der Waals surface area contributed by atoms with Gasteiger partial charge in [-0.25, -0.2) is 4.98 Å².